The molecule has 1 heterocycles. The number of hydrogen-bond donors (Lipinski definition) is 0. The summed E-state index contributed by atoms with van der Waals surface area (Å²) in [7, 11) is 0.311. The Balaban J connectivity index is 1.64. The summed E-state index contributed by atoms with van der Waals surface area (Å²) in [6, 6.07) is 36.7. The minimum Gasteiger partial charge on any atom is -0.345 e. The fourth-order valence-corrected chi connectivity index (χ4v) is 9.82. The molecule has 0 unspecified atom stereocenters. The molecule has 7 rings (SSSR count). The minimum absolute atomic E-state index is 1.31. The van der Waals surface area contributed by atoms with E-state index in [1.165, 1.54) is 77.4 Å². The van der Waals surface area contributed by atoms with Crippen LogP contribution in [0.5, 0.6) is 0 Å². The molecule has 0 amide bonds. The van der Waals surface area contributed by atoms with Crippen molar-refractivity contribution in [3.05, 3.63) is 108 Å². The number of aryl methyl sites for hydroxylation is 2. The van der Waals surface area contributed by atoms with Gasteiger partial charge in [0.05, 0.1) is 0 Å². The summed E-state index contributed by atoms with van der Waals surface area (Å²) in [6.07, 6.45) is 0. The summed E-state index contributed by atoms with van der Waals surface area (Å²) in [6.45, 7) is 9.52. The van der Waals surface area contributed by atoms with Crippen LogP contribution in [0.3, 0.4) is 0 Å². The highest BCUT2D eigenvalue weighted by molar-refractivity contribution is 7.02. The van der Waals surface area contributed by atoms with Gasteiger partial charge in [-0.25, -0.2) is 0 Å². The van der Waals surface area contributed by atoms with Crippen molar-refractivity contribution in [1.82, 2.24) is 0 Å². The van der Waals surface area contributed by atoms with Crippen molar-refractivity contribution in [2.75, 3.05) is 11.9 Å². The molecule has 0 N–H and O–H groups in total. The van der Waals surface area contributed by atoms with Gasteiger partial charge in [-0.1, -0.05) is 104 Å². The number of benzene rings is 5. The molecule has 0 atom stereocenters. The molecule has 1 nitrogen and oxygen atoms in total. The zero-order valence-electron chi connectivity index (χ0n) is 22.2. The second kappa shape index (κ2) is 7.81. The fraction of sp³-hybridized carbons (Fsp3) is 0.143. The van der Waals surface area contributed by atoms with Crippen LogP contribution in [-0.4, -0.2) is 15.1 Å². The van der Waals surface area contributed by atoms with E-state index < -0.39 is 8.07 Å². The molecule has 1 aliphatic heterocycles. The fourth-order valence-electron chi connectivity index (χ4n) is 6.67. The third-order valence-corrected chi connectivity index (χ3v) is 12.1. The number of hydrogen-bond acceptors (Lipinski definition) is 1. The quantitative estimate of drug-likeness (QED) is 0.193. The number of anilines is 2. The average Bonchev–Trinajstić information content (AvgIpc) is 2.90. The molecule has 5 aromatic carbocycles. The van der Waals surface area contributed by atoms with E-state index >= 15 is 0 Å². The SMILES string of the molecule is Cc1ccc2c(c1)[Si](C)(C)c1cc3c(cc1N2C)-c1c(C)cccc1-c1ccccc1-c1ccccc1-3. The molecular formula is C35H31NSi. The lowest BCUT2D eigenvalue weighted by Gasteiger charge is -2.40. The van der Waals surface area contributed by atoms with Crippen molar-refractivity contribution < 1.29 is 0 Å². The van der Waals surface area contributed by atoms with Crippen LogP contribution in [0.2, 0.25) is 13.1 Å². The first-order valence-corrected chi connectivity index (χ1v) is 16.2. The van der Waals surface area contributed by atoms with E-state index in [2.05, 4.69) is 136 Å². The van der Waals surface area contributed by atoms with E-state index in [-0.39, 0.29) is 0 Å². The number of nitrogens with zero attached hydrogens (tertiary/aromatic N) is 1. The van der Waals surface area contributed by atoms with E-state index in [1.54, 1.807) is 0 Å². The Hall–Kier alpha value is -3.88. The van der Waals surface area contributed by atoms with Crippen LogP contribution in [0.4, 0.5) is 11.4 Å². The highest BCUT2D eigenvalue weighted by atomic mass is 28.3. The van der Waals surface area contributed by atoms with E-state index in [9.17, 15) is 0 Å². The lowest BCUT2D eigenvalue weighted by atomic mass is 9.79. The maximum atomic E-state index is 2.56. The van der Waals surface area contributed by atoms with Gasteiger partial charge in [-0.15, -0.1) is 0 Å². The van der Waals surface area contributed by atoms with Gasteiger partial charge in [0.15, 0.2) is 0 Å². The van der Waals surface area contributed by atoms with Crippen LogP contribution in [-0.2, 0) is 0 Å². The van der Waals surface area contributed by atoms with Crippen LogP contribution in [0.1, 0.15) is 11.1 Å². The van der Waals surface area contributed by atoms with Crippen LogP contribution >= 0.6 is 0 Å². The zero-order chi connectivity index (χ0) is 25.5. The Morgan fingerprint density at radius 3 is 1.76 bits per heavy atom. The van der Waals surface area contributed by atoms with Crippen molar-refractivity contribution in [2.45, 2.75) is 26.9 Å². The number of rotatable bonds is 0. The molecule has 0 saturated heterocycles. The van der Waals surface area contributed by atoms with Crippen LogP contribution < -0.4 is 15.3 Å². The van der Waals surface area contributed by atoms with Gasteiger partial charge in [0.2, 0.25) is 0 Å². The molecule has 180 valence electrons. The van der Waals surface area contributed by atoms with Gasteiger partial charge in [0.25, 0.3) is 0 Å². The maximum absolute atomic E-state index is 2.56. The van der Waals surface area contributed by atoms with E-state index in [0.717, 1.165) is 0 Å². The third-order valence-electron chi connectivity index (χ3n) is 8.62. The lowest BCUT2D eigenvalue weighted by molar-refractivity contribution is 1.21. The van der Waals surface area contributed by atoms with E-state index in [4.69, 9.17) is 0 Å². The maximum Gasteiger partial charge on any atom is 0.117 e. The lowest BCUT2D eigenvalue weighted by Crippen LogP contribution is -2.58. The molecule has 0 fully saturated rings. The summed E-state index contributed by atoms with van der Waals surface area (Å²) in [5, 5.41) is 3.05. The molecule has 1 aliphatic carbocycles. The van der Waals surface area contributed by atoms with Crippen molar-refractivity contribution >= 4 is 29.8 Å². The van der Waals surface area contributed by atoms with Gasteiger partial charge in [-0.2, -0.15) is 0 Å². The molecular weight excluding hydrogens is 462 g/mol. The average molecular weight is 494 g/mol. The summed E-state index contributed by atoms with van der Waals surface area (Å²) < 4.78 is 0. The van der Waals surface area contributed by atoms with E-state index in [1.807, 2.05) is 0 Å². The monoisotopic (exact) mass is 493 g/mol. The Morgan fingerprint density at radius 1 is 0.514 bits per heavy atom. The van der Waals surface area contributed by atoms with Crippen LogP contribution in [0.15, 0.2) is 97.1 Å². The third kappa shape index (κ3) is 3.09. The van der Waals surface area contributed by atoms with E-state index in [0.29, 0.717) is 0 Å². The first-order valence-electron chi connectivity index (χ1n) is 13.2. The second-order valence-electron chi connectivity index (χ2n) is 11.2. The molecule has 37 heavy (non-hydrogen) atoms. The number of fused-ring (bicyclic) bond motifs is 10. The molecule has 0 aromatic heterocycles. The van der Waals surface area contributed by atoms with Gasteiger partial charge in [0.1, 0.15) is 8.07 Å². The van der Waals surface area contributed by atoms with Gasteiger partial charge in [-0.3, -0.25) is 0 Å². The van der Waals surface area contributed by atoms with Gasteiger partial charge >= 0.3 is 0 Å². The van der Waals surface area contributed by atoms with Crippen LogP contribution in [0, 0.1) is 13.8 Å². The molecule has 2 heteroatoms. The second-order valence-corrected chi connectivity index (χ2v) is 15.5. The van der Waals surface area contributed by atoms with Crippen molar-refractivity contribution in [3.63, 3.8) is 0 Å². The van der Waals surface area contributed by atoms with Crippen LogP contribution in [0.25, 0.3) is 44.5 Å². The van der Waals surface area contributed by atoms with Gasteiger partial charge in [0, 0.05) is 18.4 Å². The smallest absolute Gasteiger partial charge is 0.117 e. The normalized spacial score (nSPS) is 14.2. The minimum atomic E-state index is -1.93. The zero-order valence-corrected chi connectivity index (χ0v) is 23.2. The summed E-state index contributed by atoms with van der Waals surface area (Å²) in [5.41, 5.74) is 16.0. The molecule has 2 aliphatic rings. The predicted octanol–water partition coefficient (Wildman–Crippen LogP) is 8.19. The summed E-state index contributed by atoms with van der Waals surface area (Å²) in [5.74, 6) is 0. The molecule has 0 radical (unpaired) electrons. The molecule has 0 bridgehead atoms. The van der Waals surface area contributed by atoms with Gasteiger partial charge < -0.3 is 4.90 Å². The Bertz CT molecular complexity index is 1740. The summed E-state index contributed by atoms with van der Waals surface area (Å²) in [4.78, 5) is 2.43. The van der Waals surface area contributed by atoms with Gasteiger partial charge in [-0.05, 0) is 86.4 Å². The van der Waals surface area contributed by atoms with Crippen molar-refractivity contribution in [2.24, 2.45) is 0 Å². The standard InChI is InChI=1S/C35H31NSi/c1-22-17-18-31-33(19-22)37(4,5)34-21-29-27-15-9-7-13-25(27)24-12-6-8-14-26(24)28-16-10-11-23(2)35(28)30(29)20-32(34)36(31)3/h6-21H,1-5H3. The Kier molecular flexibility index (Phi) is 4.71. The Labute approximate surface area is 221 Å². The summed E-state index contributed by atoms with van der Waals surface area (Å²) >= 11 is 0. The molecule has 0 spiro atoms. The first-order chi connectivity index (χ1) is 17.9. The topological polar surface area (TPSA) is 3.24 Å². The predicted molar refractivity (Wildman–Crippen MR) is 162 cm³/mol. The largest absolute Gasteiger partial charge is 0.345 e. The molecule has 0 saturated carbocycles. The van der Waals surface area contributed by atoms with Crippen molar-refractivity contribution in [3.8, 4) is 44.5 Å². The highest BCUT2D eigenvalue weighted by Gasteiger charge is 2.38. The first kappa shape index (κ1) is 22.3. The van der Waals surface area contributed by atoms with Crippen molar-refractivity contribution in [1.29, 1.82) is 0 Å². The highest BCUT2D eigenvalue weighted by Crippen LogP contribution is 2.49. The Morgan fingerprint density at radius 2 is 1.08 bits per heavy atom. The molecule has 5 aromatic rings.